The van der Waals surface area contributed by atoms with Gasteiger partial charge in [0.05, 0.1) is 7.11 Å². The highest BCUT2D eigenvalue weighted by Gasteiger charge is 2.49. The van der Waals surface area contributed by atoms with Gasteiger partial charge in [-0.1, -0.05) is 58.0 Å². The predicted molar refractivity (Wildman–Crippen MR) is 141 cm³/mol. The fraction of sp³-hybridized carbons (Fsp3) is 0.571. The quantitative estimate of drug-likeness (QED) is 0.433. The molecule has 3 amide bonds. The van der Waals surface area contributed by atoms with Crippen molar-refractivity contribution in [2.24, 2.45) is 11.8 Å². The standard InChI is InChI=1S/C28H41N3O6/c1-9-17(3)23(30-27(35)37-28(5,6)7)26(34)31(21-14-18(21)4)24(25(33)29-16-22(32)36-8)20-13-11-12-19(10-2)15-20/h10-13,15,17-18,21,23-24H,2,9,14,16H2,1,3-8H3,(H,29,33)(H,30,35). The smallest absolute Gasteiger partial charge is 0.408 e. The van der Waals surface area contributed by atoms with Gasteiger partial charge in [-0.25, -0.2) is 4.79 Å². The Morgan fingerprint density at radius 1 is 1.24 bits per heavy atom. The van der Waals surface area contributed by atoms with E-state index in [0.717, 1.165) is 5.56 Å². The van der Waals surface area contributed by atoms with Gasteiger partial charge in [-0.2, -0.15) is 0 Å². The van der Waals surface area contributed by atoms with Gasteiger partial charge in [0.15, 0.2) is 0 Å². The number of amides is 3. The van der Waals surface area contributed by atoms with Crippen molar-refractivity contribution < 1.29 is 28.7 Å². The summed E-state index contributed by atoms with van der Waals surface area (Å²) >= 11 is 0. The topological polar surface area (TPSA) is 114 Å². The first-order chi connectivity index (χ1) is 17.3. The highest BCUT2D eigenvalue weighted by molar-refractivity contribution is 5.94. The van der Waals surface area contributed by atoms with E-state index < -0.39 is 35.7 Å². The summed E-state index contributed by atoms with van der Waals surface area (Å²) < 4.78 is 10.1. The number of ether oxygens (including phenoxy) is 2. The normalized spacial score (nSPS) is 19.0. The summed E-state index contributed by atoms with van der Waals surface area (Å²) in [5.41, 5.74) is 0.622. The van der Waals surface area contributed by atoms with Crippen molar-refractivity contribution in [2.75, 3.05) is 13.7 Å². The predicted octanol–water partition coefficient (Wildman–Crippen LogP) is 3.84. The van der Waals surface area contributed by atoms with Crippen molar-refractivity contribution in [3.8, 4) is 0 Å². The first-order valence-electron chi connectivity index (χ1n) is 12.7. The molecule has 0 aromatic heterocycles. The number of hydrogen-bond donors (Lipinski definition) is 2. The van der Waals surface area contributed by atoms with Crippen molar-refractivity contribution in [2.45, 2.75) is 78.1 Å². The zero-order valence-electron chi connectivity index (χ0n) is 23.0. The summed E-state index contributed by atoms with van der Waals surface area (Å²) in [4.78, 5) is 53.8. The molecule has 9 nitrogen and oxygen atoms in total. The average molecular weight is 516 g/mol. The molecule has 0 radical (unpaired) electrons. The Hall–Kier alpha value is -3.36. The minimum Gasteiger partial charge on any atom is -0.468 e. The van der Waals surface area contributed by atoms with E-state index in [9.17, 15) is 19.2 Å². The fourth-order valence-corrected chi connectivity index (χ4v) is 4.07. The van der Waals surface area contributed by atoms with Crippen molar-refractivity contribution in [3.63, 3.8) is 0 Å². The number of methoxy groups -OCH3 is 1. The molecular weight excluding hydrogens is 474 g/mol. The van der Waals surface area contributed by atoms with E-state index in [1.165, 1.54) is 7.11 Å². The molecule has 37 heavy (non-hydrogen) atoms. The maximum absolute atomic E-state index is 14.2. The van der Waals surface area contributed by atoms with Crippen LogP contribution < -0.4 is 10.6 Å². The first-order valence-corrected chi connectivity index (χ1v) is 12.7. The van der Waals surface area contributed by atoms with E-state index in [0.29, 0.717) is 18.4 Å². The molecule has 1 aliphatic rings. The molecule has 0 spiro atoms. The Kier molecular flexibility index (Phi) is 10.3. The summed E-state index contributed by atoms with van der Waals surface area (Å²) in [5.74, 6) is -1.55. The maximum Gasteiger partial charge on any atom is 0.408 e. The second-order valence-corrected chi connectivity index (χ2v) is 10.6. The van der Waals surface area contributed by atoms with E-state index >= 15 is 0 Å². The van der Waals surface area contributed by atoms with Gasteiger partial charge < -0.3 is 25.0 Å². The third kappa shape index (κ3) is 8.33. The molecular formula is C28H41N3O6. The van der Waals surface area contributed by atoms with Gasteiger partial charge in [0.1, 0.15) is 24.2 Å². The van der Waals surface area contributed by atoms with Crippen molar-refractivity contribution in [1.82, 2.24) is 15.5 Å². The molecule has 1 saturated carbocycles. The molecule has 5 atom stereocenters. The number of carbonyl (C=O) groups is 4. The van der Waals surface area contributed by atoms with Crippen LogP contribution in [0.3, 0.4) is 0 Å². The summed E-state index contributed by atoms with van der Waals surface area (Å²) in [5, 5.41) is 5.37. The number of carbonyl (C=O) groups excluding carboxylic acids is 4. The number of esters is 1. The van der Waals surface area contributed by atoms with E-state index in [1.54, 1.807) is 49.9 Å². The number of hydrogen-bond acceptors (Lipinski definition) is 6. The second kappa shape index (κ2) is 12.7. The summed E-state index contributed by atoms with van der Waals surface area (Å²) in [6.45, 7) is 14.5. The number of nitrogens with one attached hydrogen (secondary N) is 2. The molecule has 0 saturated heterocycles. The Balaban J connectivity index is 2.53. The Labute approximate surface area is 219 Å². The number of alkyl carbamates (subject to hydrolysis) is 1. The van der Waals surface area contributed by atoms with Crippen LogP contribution in [0, 0.1) is 11.8 Å². The Bertz CT molecular complexity index is 1000. The largest absolute Gasteiger partial charge is 0.468 e. The van der Waals surface area contributed by atoms with Crippen molar-refractivity contribution >= 4 is 30.0 Å². The minimum atomic E-state index is -1.03. The van der Waals surface area contributed by atoms with Gasteiger partial charge in [0, 0.05) is 6.04 Å². The lowest BCUT2D eigenvalue weighted by atomic mass is 9.95. The van der Waals surface area contributed by atoms with Crippen LogP contribution in [0.5, 0.6) is 0 Å². The zero-order chi connectivity index (χ0) is 27.9. The molecule has 204 valence electrons. The monoisotopic (exact) mass is 515 g/mol. The highest BCUT2D eigenvalue weighted by atomic mass is 16.6. The highest BCUT2D eigenvalue weighted by Crippen LogP contribution is 2.41. The van der Waals surface area contributed by atoms with E-state index in [2.05, 4.69) is 21.9 Å². The van der Waals surface area contributed by atoms with Gasteiger partial charge in [0.2, 0.25) is 11.8 Å². The molecule has 0 heterocycles. The van der Waals surface area contributed by atoms with Gasteiger partial charge in [-0.15, -0.1) is 0 Å². The number of rotatable bonds is 11. The van der Waals surface area contributed by atoms with Crippen LogP contribution in [0.2, 0.25) is 0 Å². The van der Waals surface area contributed by atoms with Crippen LogP contribution >= 0.6 is 0 Å². The number of benzene rings is 1. The lowest BCUT2D eigenvalue weighted by molar-refractivity contribution is -0.146. The van der Waals surface area contributed by atoms with Gasteiger partial charge in [-0.3, -0.25) is 14.4 Å². The van der Waals surface area contributed by atoms with Crippen LogP contribution in [-0.2, 0) is 23.9 Å². The third-order valence-corrected chi connectivity index (χ3v) is 6.45. The van der Waals surface area contributed by atoms with Crippen LogP contribution in [-0.4, -0.2) is 60.1 Å². The van der Waals surface area contributed by atoms with Crippen molar-refractivity contribution in [1.29, 1.82) is 0 Å². The molecule has 1 aromatic carbocycles. The Morgan fingerprint density at radius 2 is 1.89 bits per heavy atom. The van der Waals surface area contributed by atoms with Crippen molar-refractivity contribution in [3.05, 3.63) is 42.0 Å². The molecule has 0 bridgehead atoms. The van der Waals surface area contributed by atoms with E-state index in [1.807, 2.05) is 26.8 Å². The molecule has 1 aliphatic carbocycles. The lowest BCUT2D eigenvalue weighted by Crippen LogP contribution is -2.56. The van der Waals surface area contributed by atoms with E-state index in [-0.39, 0.29) is 30.3 Å². The molecule has 2 N–H and O–H groups in total. The van der Waals surface area contributed by atoms with Gasteiger partial charge in [-0.05, 0) is 56.2 Å². The number of nitrogens with zero attached hydrogens (tertiary/aromatic N) is 1. The molecule has 9 heteroatoms. The van der Waals surface area contributed by atoms with Crippen LogP contribution in [0.15, 0.2) is 30.8 Å². The average Bonchev–Trinajstić information content (AvgIpc) is 3.57. The molecule has 0 aliphatic heterocycles. The van der Waals surface area contributed by atoms with Crippen LogP contribution in [0.4, 0.5) is 4.79 Å². The first kappa shape index (κ1) is 29.9. The maximum atomic E-state index is 14.2. The SMILES string of the molecule is C=Cc1cccc(C(C(=O)NCC(=O)OC)N(C(=O)C(NC(=O)OC(C)(C)C)C(C)CC)C2CC2C)c1. The molecule has 1 aromatic rings. The zero-order valence-corrected chi connectivity index (χ0v) is 23.0. The fourth-order valence-electron chi connectivity index (χ4n) is 4.07. The summed E-state index contributed by atoms with van der Waals surface area (Å²) in [6.07, 6.45) is 2.29. The van der Waals surface area contributed by atoms with E-state index in [4.69, 9.17) is 4.74 Å². The van der Waals surface area contributed by atoms with Crippen LogP contribution in [0.1, 0.15) is 71.6 Å². The third-order valence-electron chi connectivity index (χ3n) is 6.45. The Morgan fingerprint density at radius 3 is 2.41 bits per heavy atom. The van der Waals surface area contributed by atoms with Crippen LogP contribution in [0.25, 0.3) is 6.08 Å². The second-order valence-electron chi connectivity index (χ2n) is 10.6. The molecule has 1 fully saturated rings. The van der Waals surface area contributed by atoms with Gasteiger partial charge in [0.25, 0.3) is 0 Å². The summed E-state index contributed by atoms with van der Waals surface area (Å²) in [6, 6.07) is 5.05. The summed E-state index contributed by atoms with van der Waals surface area (Å²) in [7, 11) is 1.24. The molecule has 5 unspecified atom stereocenters. The lowest BCUT2D eigenvalue weighted by Gasteiger charge is -2.36. The van der Waals surface area contributed by atoms with Gasteiger partial charge >= 0.3 is 12.1 Å². The molecule has 2 rings (SSSR count). The minimum absolute atomic E-state index is 0.168.